The molecule has 5 atom stereocenters. The van der Waals surface area contributed by atoms with Gasteiger partial charge in [-0.15, -0.1) is 0 Å². The summed E-state index contributed by atoms with van der Waals surface area (Å²) in [6.07, 6.45) is -0.0422. The molecule has 1 aromatic heterocycles. The quantitative estimate of drug-likeness (QED) is 0.738. The molecule has 0 spiro atoms. The molecular weight excluding hydrogens is 341 g/mol. The molecule has 24 heavy (non-hydrogen) atoms. The van der Waals surface area contributed by atoms with E-state index in [-0.39, 0.29) is 25.2 Å². The second kappa shape index (κ2) is 6.68. The van der Waals surface area contributed by atoms with Crippen LogP contribution in [-0.4, -0.2) is 54.7 Å². The number of methoxy groups -OCH3 is 1. The molecule has 4 heterocycles. The van der Waals surface area contributed by atoms with E-state index < -0.39 is 31.9 Å². The fraction of sp³-hybridized carbons (Fsp3) is 0.643. The van der Waals surface area contributed by atoms with Crippen molar-refractivity contribution in [3.63, 3.8) is 0 Å². The van der Waals surface area contributed by atoms with Gasteiger partial charge in [-0.3, -0.25) is 18.4 Å². The molecule has 1 aromatic rings. The molecule has 0 saturated carbocycles. The van der Waals surface area contributed by atoms with Crippen molar-refractivity contribution >= 4 is 7.82 Å². The Morgan fingerprint density at radius 3 is 2.92 bits per heavy atom. The number of fused-ring (bicyclic) bond motifs is 3. The number of phosphoric acid groups is 1. The Balaban J connectivity index is 1.91. The largest absolute Gasteiger partial charge is 0.472 e. The Labute approximate surface area is 138 Å². The smallest absolute Gasteiger partial charge is 0.381 e. The molecule has 3 saturated heterocycles. The maximum Gasteiger partial charge on any atom is 0.472 e. The minimum Gasteiger partial charge on any atom is -0.381 e. The predicted octanol–water partition coefficient (Wildman–Crippen LogP) is 0.683. The van der Waals surface area contributed by atoms with Gasteiger partial charge in [0.2, 0.25) is 0 Å². The second-order valence-electron chi connectivity index (χ2n) is 5.78. The Hall–Kier alpha value is -1.06. The van der Waals surface area contributed by atoms with Gasteiger partial charge >= 0.3 is 7.82 Å². The highest BCUT2D eigenvalue weighted by atomic mass is 31.2. The van der Waals surface area contributed by atoms with Gasteiger partial charge in [0.15, 0.2) is 6.23 Å². The van der Waals surface area contributed by atoms with Gasteiger partial charge in [0.05, 0.1) is 13.2 Å². The Morgan fingerprint density at radius 2 is 2.25 bits per heavy atom. The molecule has 3 fully saturated rings. The van der Waals surface area contributed by atoms with Gasteiger partial charge < -0.3 is 19.1 Å². The molecular formula is C14H20NO8P. The van der Waals surface area contributed by atoms with Gasteiger partial charge in [0, 0.05) is 32.9 Å². The molecule has 0 aliphatic carbocycles. The summed E-state index contributed by atoms with van der Waals surface area (Å²) < 4.78 is 40.0. The summed E-state index contributed by atoms with van der Waals surface area (Å²) in [6, 6.07) is 4.78. The molecule has 1 N–H and O–H groups in total. The minimum absolute atomic E-state index is 0.0756. The Kier molecular flexibility index (Phi) is 4.94. The zero-order valence-corrected chi connectivity index (χ0v) is 14.3. The van der Waals surface area contributed by atoms with Crippen LogP contribution in [0, 0.1) is 0 Å². The minimum atomic E-state index is -4.20. The SMILES string of the molecule is COC[C@]12COC(C[C@H]1OP(=O)(O)OC)C(n1ccccc1=O)O2. The first-order valence-electron chi connectivity index (χ1n) is 7.43. The average molecular weight is 361 g/mol. The van der Waals surface area contributed by atoms with Crippen molar-refractivity contribution < 1.29 is 32.7 Å². The molecule has 3 unspecified atom stereocenters. The number of rotatable bonds is 6. The summed E-state index contributed by atoms with van der Waals surface area (Å²) in [5.74, 6) is 0. The molecule has 4 rings (SSSR count). The van der Waals surface area contributed by atoms with Gasteiger partial charge in [-0.2, -0.15) is 0 Å². The monoisotopic (exact) mass is 361 g/mol. The fourth-order valence-electron chi connectivity index (χ4n) is 3.10. The number of phosphoric ester groups is 1. The van der Waals surface area contributed by atoms with Crippen LogP contribution in [-0.2, 0) is 27.8 Å². The van der Waals surface area contributed by atoms with Crippen molar-refractivity contribution in [1.82, 2.24) is 4.57 Å². The molecule has 0 amide bonds. The molecule has 0 aromatic carbocycles. The van der Waals surface area contributed by atoms with Crippen molar-refractivity contribution in [2.24, 2.45) is 0 Å². The van der Waals surface area contributed by atoms with Crippen molar-refractivity contribution in [3.8, 4) is 0 Å². The van der Waals surface area contributed by atoms with Crippen molar-refractivity contribution in [3.05, 3.63) is 34.7 Å². The molecule has 9 nitrogen and oxygen atoms in total. The lowest BCUT2D eigenvalue weighted by atomic mass is 9.86. The Morgan fingerprint density at radius 1 is 1.46 bits per heavy atom. The van der Waals surface area contributed by atoms with Crippen molar-refractivity contribution in [2.75, 3.05) is 27.4 Å². The maximum absolute atomic E-state index is 12.1. The van der Waals surface area contributed by atoms with Gasteiger partial charge in [-0.25, -0.2) is 4.57 Å². The summed E-state index contributed by atoms with van der Waals surface area (Å²) in [5, 5.41) is 0. The lowest BCUT2D eigenvalue weighted by Crippen LogP contribution is -2.66. The lowest BCUT2D eigenvalue weighted by molar-refractivity contribution is -0.334. The molecule has 0 radical (unpaired) electrons. The van der Waals surface area contributed by atoms with E-state index >= 15 is 0 Å². The number of hydrogen-bond acceptors (Lipinski definition) is 7. The van der Waals surface area contributed by atoms with E-state index in [2.05, 4.69) is 4.52 Å². The van der Waals surface area contributed by atoms with Crippen LogP contribution in [0.3, 0.4) is 0 Å². The standard InChI is InChI=1S/C14H20NO8P/c1-19-8-14-9-21-10(7-11(14)23-24(17,18)20-2)13(22-14)15-6-4-3-5-12(15)16/h3-6,10-11,13H,7-9H2,1-2H3,(H,17,18)/t10?,11-,13?,14+/m1/s1. The topological polar surface area (TPSA) is 105 Å². The average Bonchev–Trinajstić information content (AvgIpc) is 2.56. The zero-order valence-electron chi connectivity index (χ0n) is 13.4. The summed E-state index contributed by atoms with van der Waals surface area (Å²) in [4.78, 5) is 21.7. The van der Waals surface area contributed by atoms with Crippen molar-refractivity contribution in [1.29, 1.82) is 0 Å². The predicted molar refractivity (Wildman–Crippen MR) is 81.5 cm³/mol. The van der Waals surface area contributed by atoms with Crippen LogP contribution in [0.5, 0.6) is 0 Å². The second-order valence-corrected chi connectivity index (χ2v) is 7.30. The first-order chi connectivity index (χ1) is 11.4. The van der Waals surface area contributed by atoms with Gasteiger partial charge in [-0.1, -0.05) is 6.07 Å². The summed E-state index contributed by atoms with van der Waals surface area (Å²) in [7, 11) is -1.63. The van der Waals surface area contributed by atoms with Crippen LogP contribution in [0.1, 0.15) is 12.6 Å². The normalized spacial score (nSPS) is 34.9. The van der Waals surface area contributed by atoms with Crippen molar-refractivity contribution in [2.45, 2.75) is 30.5 Å². The Bertz CT molecular complexity index is 689. The summed E-state index contributed by atoms with van der Waals surface area (Å²) in [5.41, 5.74) is -1.34. The third kappa shape index (κ3) is 3.21. The molecule has 2 bridgehead atoms. The molecule has 3 aliphatic heterocycles. The summed E-state index contributed by atoms with van der Waals surface area (Å²) >= 11 is 0. The zero-order chi connectivity index (χ0) is 17.4. The number of pyridine rings is 1. The van der Waals surface area contributed by atoms with E-state index in [1.165, 1.54) is 17.7 Å². The van der Waals surface area contributed by atoms with Crippen LogP contribution in [0.2, 0.25) is 0 Å². The van der Waals surface area contributed by atoms with E-state index in [9.17, 15) is 14.3 Å². The van der Waals surface area contributed by atoms with Gasteiger partial charge in [-0.05, 0) is 6.07 Å². The third-order valence-electron chi connectivity index (χ3n) is 4.25. The van der Waals surface area contributed by atoms with E-state index in [0.29, 0.717) is 0 Å². The fourth-order valence-corrected chi connectivity index (χ4v) is 3.79. The first kappa shape index (κ1) is 17.8. The third-order valence-corrected chi connectivity index (χ3v) is 5.24. The molecule has 134 valence electrons. The highest BCUT2D eigenvalue weighted by molar-refractivity contribution is 7.47. The molecule has 10 heteroatoms. The van der Waals surface area contributed by atoms with E-state index in [4.69, 9.17) is 18.7 Å². The van der Waals surface area contributed by atoms with Gasteiger partial charge in [0.25, 0.3) is 5.56 Å². The highest BCUT2D eigenvalue weighted by Gasteiger charge is 2.57. The van der Waals surface area contributed by atoms with E-state index in [1.807, 2.05) is 0 Å². The van der Waals surface area contributed by atoms with E-state index in [0.717, 1.165) is 7.11 Å². The first-order valence-corrected chi connectivity index (χ1v) is 8.93. The number of hydrogen-bond donors (Lipinski definition) is 1. The highest BCUT2D eigenvalue weighted by Crippen LogP contribution is 2.51. The van der Waals surface area contributed by atoms with Crippen LogP contribution < -0.4 is 5.56 Å². The number of ether oxygens (including phenoxy) is 3. The van der Waals surface area contributed by atoms with E-state index in [1.54, 1.807) is 18.3 Å². The van der Waals surface area contributed by atoms with Gasteiger partial charge in [0.1, 0.15) is 17.8 Å². The van der Waals surface area contributed by atoms with Crippen LogP contribution >= 0.6 is 7.82 Å². The number of nitrogens with zero attached hydrogens (tertiary/aromatic N) is 1. The van der Waals surface area contributed by atoms with Crippen LogP contribution in [0.15, 0.2) is 29.2 Å². The van der Waals surface area contributed by atoms with Crippen LogP contribution in [0.25, 0.3) is 0 Å². The van der Waals surface area contributed by atoms with Crippen LogP contribution in [0.4, 0.5) is 0 Å². The summed E-state index contributed by atoms with van der Waals surface area (Å²) in [6.45, 7) is 0.199. The maximum atomic E-state index is 12.1. The lowest BCUT2D eigenvalue weighted by Gasteiger charge is -2.53. The molecule has 3 aliphatic rings. The number of aromatic nitrogens is 1.